The van der Waals surface area contributed by atoms with Crippen LogP contribution in [0.4, 0.5) is 5.69 Å². The van der Waals surface area contributed by atoms with E-state index in [0.717, 1.165) is 5.52 Å². The lowest BCUT2D eigenvalue weighted by Gasteiger charge is -2.26. The van der Waals surface area contributed by atoms with Crippen LogP contribution in [-0.4, -0.2) is 67.7 Å². The molecule has 1 aromatic heterocycles. The Labute approximate surface area is 197 Å². The highest BCUT2D eigenvalue weighted by atomic mass is 32.2. The Morgan fingerprint density at radius 3 is 2.59 bits per heavy atom. The normalized spacial score (nSPS) is 16.5. The third-order valence-corrected chi connectivity index (χ3v) is 7.85. The molecule has 180 valence electrons. The predicted molar refractivity (Wildman–Crippen MR) is 125 cm³/mol. The van der Waals surface area contributed by atoms with Gasteiger partial charge in [-0.2, -0.15) is 4.31 Å². The van der Waals surface area contributed by atoms with E-state index in [-0.39, 0.29) is 17.2 Å². The van der Waals surface area contributed by atoms with Crippen LogP contribution in [0.1, 0.15) is 12.2 Å². The van der Waals surface area contributed by atoms with Crippen molar-refractivity contribution in [1.82, 2.24) is 13.9 Å². The third-order valence-electron chi connectivity index (χ3n) is 5.95. The van der Waals surface area contributed by atoms with Crippen LogP contribution < -0.4 is 14.8 Å². The number of hydrogen-bond acceptors (Lipinski definition) is 7. The van der Waals surface area contributed by atoms with Crippen LogP contribution in [0.2, 0.25) is 0 Å². The average molecular weight is 487 g/mol. The number of anilines is 1. The number of fused-ring (bicyclic) bond motifs is 2. The molecule has 0 spiro atoms. The first-order valence-corrected chi connectivity index (χ1v) is 12.6. The van der Waals surface area contributed by atoms with Gasteiger partial charge >= 0.3 is 0 Å². The van der Waals surface area contributed by atoms with E-state index in [0.29, 0.717) is 74.5 Å². The minimum atomic E-state index is -3.60. The highest BCUT2D eigenvalue weighted by molar-refractivity contribution is 7.89. The van der Waals surface area contributed by atoms with Gasteiger partial charge in [0.2, 0.25) is 15.9 Å². The first kappa shape index (κ1) is 22.6. The standard InChI is InChI=1S/C23H26N4O6S/c1-26-19-4-3-17(34(29,30)27-8-10-31-11-9-27)15-18(19)25-22(26)6-7-23(28)24-16-2-5-20-21(14-16)33-13-12-32-20/h2-5,14-15H,6-13H2,1H3,(H,24,28). The molecule has 0 atom stereocenters. The zero-order valence-electron chi connectivity index (χ0n) is 18.8. The van der Waals surface area contributed by atoms with Crippen molar-refractivity contribution < 1.29 is 27.4 Å². The van der Waals surface area contributed by atoms with E-state index in [1.807, 2.05) is 11.6 Å². The van der Waals surface area contributed by atoms with Crippen molar-refractivity contribution in [3.05, 3.63) is 42.2 Å². The molecule has 2 aliphatic heterocycles. The molecular formula is C23H26N4O6S. The number of amides is 1. The van der Waals surface area contributed by atoms with Gasteiger partial charge in [-0.3, -0.25) is 4.79 Å². The Morgan fingerprint density at radius 2 is 1.79 bits per heavy atom. The fraction of sp³-hybridized carbons (Fsp3) is 0.391. The number of ether oxygens (including phenoxy) is 3. The fourth-order valence-electron chi connectivity index (χ4n) is 4.12. The SMILES string of the molecule is Cn1c(CCC(=O)Nc2ccc3c(c2)OCCO3)nc2cc(S(=O)(=O)N3CCOCC3)ccc21. The summed E-state index contributed by atoms with van der Waals surface area (Å²) in [4.78, 5) is 17.3. The number of nitrogens with zero attached hydrogens (tertiary/aromatic N) is 3. The van der Waals surface area contributed by atoms with Crippen molar-refractivity contribution in [2.75, 3.05) is 44.8 Å². The van der Waals surface area contributed by atoms with Gasteiger partial charge in [-0.1, -0.05) is 0 Å². The number of imidazole rings is 1. The molecule has 10 nitrogen and oxygen atoms in total. The second kappa shape index (κ2) is 9.24. The Kier molecular flexibility index (Phi) is 6.15. The topological polar surface area (TPSA) is 112 Å². The van der Waals surface area contributed by atoms with Crippen LogP contribution in [0.15, 0.2) is 41.3 Å². The third kappa shape index (κ3) is 4.46. The monoisotopic (exact) mass is 486 g/mol. The summed E-state index contributed by atoms with van der Waals surface area (Å²) in [7, 11) is -1.74. The highest BCUT2D eigenvalue weighted by Crippen LogP contribution is 2.32. The molecule has 1 amide bonds. The van der Waals surface area contributed by atoms with Crippen molar-refractivity contribution in [2.45, 2.75) is 17.7 Å². The number of nitrogens with one attached hydrogen (secondary N) is 1. The van der Waals surface area contributed by atoms with E-state index >= 15 is 0 Å². The summed E-state index contributed by atoms with van der Waals surface area (Å²) < 4.78 is 45.6. The Morgan fingerprint density at radius 1 is 1.03 bits per heavy atom. The Balaban J connectivity index is 1.27. The highest BCUT2D eigenvalue weighted by Gasteiger charge is 2.27. The van der Waals surface area contributed by atoms with Gasteiger partial charge in [-0.25, -0.2) is 13.4 Å². The van der Waals surface area contributed by atoms with Gasteiger partial charge in [-0.05, 0) is 30.3 Å². The first-order valence-electron chi connectivity index (χ1n) is 11.1. The van der Waals surface area contributed by atoms with Crippen molar-refractivity contribution in [3.63, 3.8) is 0 Å². The van der Waals surface area contributed by atoms with Crippen LogP contribution in [0.25, 0.3) is 11.0 Å². The van der Waals surface area contributed by atoms with Gasteiger partial charge in [0.1, 0.15) is 19.0 Å². The van der Waals surface area contributed by atoms with Crippen molar-refractivity contribution in [1.29, 1.82) is 0 Å². The van der Waals surface area contributed by atoms with E-state index in [4.69, 9.17) is 14.2 Å². The summed E-state index contributed by atoms with van der Waals surface area (Å²) in [5.74, 6) is 1.83. The van der Waals surface area contributed by atoms with Gasteiger partial charge in [0.05, 0.1) is 29.1 Å². The number of aromatic nitrogens is 2. The summed E-state index contributed by atoms with van der Waals surface area (Å²) in [6.07, 6.45) is 0.637. The molecule has 2 aliphatic rings. The molecule has 0 bridgehead atoms. The summed E-state index contributed by atoms with van der Waals surface area (Å²) in [5, 5.41) is 2.87. The number of carbonyl (C=O) groups is 1. The zero-order valence-corrected chi connectivity index (χ0v) is 19.6. The second-order valence-corrected chi connectivity index (χ2v) is 10.1. The fourth-order valence-corrected chi connectivity index (χ4v) is 5.55. The smallest absolute Gasteiger partial charge is 0.243 e. The molecule has 1 N–H and O–H groups in total. The molecule has 34 heavy (non-hydrogen) atoms. The summed E-state index contributed by atoms with van der Waals surface area (Å²) in [6.45, 7) is 2.45. The molecule has 3 heterocycles. The zero-order chi connectivity index (χ0) is 23.7. The van der Waals surface area contributed by atoms with Gasteiger partial charge in [0.15, 0.2) is 11.5 Å². The Bertz CT molecular complexity index is 1330. The summed E-state index contributed by atoms with van der Waals surface area (Å²) in [6, 6.07) is 10.3. The largest absolute Gasteiger partial charge is 0.486 e. The maximum Gasteiger partial charge on any atom is 0.243 e. The number of benzene rings is 2. The molecule has 5 rings (SSSR count). The molecule has 1 saturated heterocycles. The lowest BCUT2D eigenvalue weighted by Crippen LogP contribution is -2.40. The van der Waals surface area contributed by atoms with Crippen molar-refractivity contribution in [2.24, 2.45) is 7.05 Å². The second-order valence-electron chi connectivity index (χ2n) is 8.16. The predicted octanol–water partition coefficient (Wildman–Crippen LogP) is 1.94. The number of aryl methyl sites for hydroxylation is 2. The maximum atomic E-state index is 13.0. The van der Waals surface area contributed by atoms with Crippen molar-refractivity contribution in [3.8, 4) is 11.5 Å². The number of sulfonamides is 1. The molecule has 0 saturated carbocycles. The number of rotatable bonds is 6. The first-order chi connectivity index (χ1) is 16.4. The van der Waals surface area contributed by atoms with E-state index in [1.54, 1.807) is 36.4 Å². The number of carbonyl (C=O) groups excluding carboxylic acids is 1. The van der Waals surface area contributed by atoms with Gasteiger partial charge in [-0.15, -0.1) is 0 Å². The van der Waals surface area contributed by atoms with Gasteiger partial charge < -0.3 is 24.1 Å². The lowest BCUT2D eigenvalue weighted by molar-refractivity contribution is -0.116. The Hall–Kier alpha value is -3.15. The molecule has 3 aromatic rings. The minimum absolute atomic E-state index is 0.153. The van der Waals surface area contributed by atoms with E-state index in [9.17, 15) is 13.2 Å². The van der Waals surface area contributed by atoms with E-state index < -0.39 is 10.0 Å². The molecule has 0 unspecified atom stereocenters. The molecule has 1 fully saturated rings. The van der Waals surface area contributed by atoms with Crippen LogP contribution in [-0.2, 0) is 33.0 Å². The summed E-state index contributed by atoms with van der Waals surface area (Å²) >= 11 is 0. The van der Waals surface area contributed by atoms with Crippen LogP contribution in [0.3, 0.4) is 0 Å². The van der Waals surface area contributed by atoms with Gasteiger partial charge in [0, 0.05) is 44.7 Å². The molecule has 0 aliphatic carbocycles. The maximum absolute atomic E-state index is 13.0. The molecule has 2 aromatic carbocycles. The quantitative estimate of drug-likeness (QED) is 0.567. The average Bonchev–Trinajstić information content (AvgIpc) is 3.18. The van der Waals surface area contributed by atoms with Crippen molar-refractivity contribution >= 4 is 32.7 Å². The van der Waals surface area contributed by atoms with Crippen LogP contribution in [0, 0.1) is 0 Å². The van der Waals surface area contributed by atoms with E-state index in [2.05, 4.69) is 10.3 Å². The lowest BCUT2D eigenvalue weighted by atomic mass is 10.2. The molecule has 0 radical (unpaired) electrons. The summed E-state index contributed by atoms with van der Waals surface area (Å²) in [5.41, 5.74) is 2.03. The van der Waals surface area contributed by atoms with Crippen LogP contribution >= 0.6 is 0 Å². The van der Waals surface area contributed by atoms with Crippen LogP contribution in [0.5, 0.6) is 11.5 Å². The number of morpholine rings is 1. The van der Waals surface area contributed by atoms with Gasteiger partial charge in [0.25, 0.3) is 0 Å². The molecular weight excluding hydrogens is 460 g/mol. The number of hydrogen-bond donors (Lipinski definition) is 1. The van der Waals surface area contributed by atoms with E-state index in [1.165, 1.54) is 4.31 Å². The molecule has 11 heteroatoms. The minimum Gasteiger partial charge on any atom is -0.486 e.